The zero-order valence-electron chi connectivity index (χ0n) is 10.3. The number of hydrogen-bond acceptors (Lipinski definition) is 4. The van der Waals surface area contributed by atoms with Gasteiger partial charge in [0.25, 0.3) is 0 Å². The average molecular weight is 270 g/mol. The van der Waals surface area contributed by atoms with E-state index in [1.165, 1.54) is 0 Å². The van der Waals surface area contributed by atoms with Crippen LogP contribution in [0.2, 0.25) is 0 Å². The molecule has 2 heterocycles. The lowest BCUT2D eigenvalue weighted by Gasteiger charge is -2.34. The van der Waals surface area contributed by atoms with Crippen LogP contribution >= 0.6 is 0 Å². The Hall–Kier alpha value is -1.06. The second-order valence-electron chi connectivity index (χ2n) is 4.91. The molecule has 2 aliphatic rings. The quantitative estimate of drug-likeness (QED) is 0.616. The Kier molecular flexibility index (Phi) is 3.93. The minimum absolute atomic E-state index is 0.00330. The van der Waals surface area contributed by atoms with Crippen LogP contribution < -0.4 is 0 Å². The number of sulfone groups is 1. The highest BCUT2D eigenvalue weighted by atomic mass is 32.2. The first-order valence-corrected chi connectivity index (χ1v) is 7.99. The van der Waals surface area contributed by atoms with Gasteiger partial charge >= 0.3 is 0 Å². The summed E-state index contributed by atoms with van der Waals surface area (Å²) >= 11 is 0. The van der Waals surface area contributed by atoms with E-state index in [1.54, 1.807) is 4.90 Å². The molecule has 2 saturated heterocycles. The Morgan fingerprint density at radius 3 is 2.44 bits per heavy atom. The van der Waals surface area contributed by atoms with Gasteiger partial charge in [-0.3, -0.25) is 9.69 Å². The number of nitrogens with zero attached hydrogens (tertiary/aromatic N) is 2. The molecule has 0 unspecified atom stereocenters. The topological polar surface area (TPSA) is 57.7 Å². The van der Waals surface area contributed by atoms with Crippen molar-refractivity contribution in [2.24, 2.45) is 5.92 Å². The molecule has 0 aromatic carbocycles. The summed E-state index contributed by atoms with van der Waals surface area (Å²) in [6, 6.07) is 0. The van der Waals surface area contributed by atoms with Crippen molar-refractivity contribution in [1.29, 1.82) is 0 Å². The van der Waals surface area contributed by atoms with Crippen molar-refractivity contribution in [3.8, 4) is 12.3 Å². The average Bonchev–Trinajstić information content (AvgIpc) is 2.70. The first-order chi connectivity index (χ1) is 8.52. The first-order valence-electron chi connectivity index (χ1n) is 6.17. The Balaban J connectivity index is 1.87. The lowest BCUT2D eigenvalue weighted by molar-refractivity contribution is -0.136. The fourth-order valence-electron chi connectivity index (χ4n) is 2.50. The van der Waals surface area contributed by atoms with Gasteiger partial charge in [-0.25, -0.2) is 8.42 Å². The van der Waals surface area contributed by atoms with Crippen molar-refractivity contribution >= 4 is 15.7 Å². The Labute approximate surface area is 108 Å². The van der Waals surface area contributed by atoms with Gasteiger partial charge in [-0.2, -0.15) is 0 Å². The summed E-state index contributed by atoms with van der Waals surface area (Å²) < 4.78 is 22.7. The summed E-state index contributed by atoms with van der Waals surface area (Å²) in [4.78, 5) is 16.1. The second-order valence-corrected chi connectivity index (χ2v) is 7.13. The van der Waals surface area contributed by atoms with Crippen LogP contribution in [0.5, 0.6) is 0 Å². The Morgan fingerprint density at radius 2 is 1.94 bits per heavy atom. The molecule has 1 atom stereocenters. The minimum Gasteiger partial charge on any atom is -0.340 e. The molecular weight excluding hydrogens is 252 g/mol. The van der Waals surface area contributed by atoms with E-state index in [1.807, 2.05) is 0 Å². The predicted octanol–water partition coefficient (Wildman–Crippen LogP) is -0.801. The maximum atomic E-state index is 12.2. The van der Waals surface area contributed by atoms with Crippen molar-refractivity contribution in [2.75, 3.05) is 44.2 Å². The fourth-order valence-corrected chi connectivity index (χ4v) is 4.24. The van der Waals surface area contributed by atoms with Gasteiger partial charge in [-0.05, 0) is 6.42 Å². The molecule has 0 bridgehead atoms. The molecule has 0 spiro atoms. The molecule has 100 valence electrons. The van der Waals surface area contributed by atoms with Gasteiger partial charge in [0.15, 0.2) is 9.84 Å². The predicted molar refractivity (Wildman–Crippen MR) is 68.6 cm³/mol. The highest BCUT2D eigenvalue weighted by Crippen LogP contribution is 2.21. The van der Waals surface area contributed by atoms with E-state index in [4.69, 9.17) is 6.42 Å². The lowest BCUT2D eigenvalue weighted by Crippen LogP contribution is -2.50. The molecule has 2 fully saturated rings. The first kappa shape index (κ1) is 13.4. The van der Waals surface area contributed by atoms with Gasteiger partial charge in [0.05, 0.1) is 24.0 Å². The summed E-state index contributed by atoms with van der Waals surface area (Å²) in [6.07, 6.45) is 5.72. The number of carbonyl (C=O) groups is 1. The summed E-state index contributed by atoms with van der Waals surface area (Å²) in [5.41, 5.74) is 0. The fraction of sp³-hybridized carbons (Fsp3) is 0.750. The molecule has 0 N–H and O–H groups in total. The summed E-state index contributed by atoms with van der Waals surface area (Å²) in [5.74, 6) is 2.44. The van der Waals surface area contributed by atoms with Gasteiger partial charge in [-0.15, -0.1) is 6.42 Å². The van der Waals surface area contributed by atoms with Crippen LogP contribution in [-0.2, 0) is 14.6 Å². The summed E-state index contributed by atoms with van der Waals surface area (Å²) in [6.45, 7) is 3.46. The molecule has 2 rings (SSSR count). The molecule has 1 amide bonds. The smallest absolute Gasteiger partial charge is 0.226 e. The maximum Gasteiger partial charge on any atom is 0.226 e. The normalized spacial score (nSPS) is 27.9. The third kappa shape index (κ3) is 3.03. The molecule has 2 aliphatic heterocycles. The highest BCUT2D eigenvalue weighted by molar-refractivity contribution is 7.91. The van der Waals surface area contributed by atoms with E-state index < -0.39 is 9.84 Å². The molecule has 0 radical (unpaired) electrons. The van der Waals surface area contributed by atoms with E-state index in [9.17, 15) is 13.2 Å². The molecule has 5 nitrogen and oxygen atoms in total. The Bertz CT molecular complexity index is 458. The molecule has 0 aromatic rings. The van der Waals surface area contributed by atoms with Gasteiger partial charge in [-0.1, -0.05) is 5.92 Å². The van der Waals surface area contributed by atoms with Crippen LogP contribution in [0.1, 0.15) is 6.42 Å². The number of carbonyl (C=O) groups excluding carboxylic acids is 1. The number of piperazine rings is 1. The summed E-state index contributed by atoms with van der Waals surface area (Å²) in [5, 5.41) is 0. The zero-order valence-corrected chi connectivity index (χ0v) is 11.2. The molecular formula is C12H18N2O3S. The number of rotatable bonds is 2. The second kappa shape index (κ2) is 5.29. The number of amides is 1. The van der Waals surface area contributed by atoms with Crippen LogP contribution in [0, 0.1) is 18.3 Å². The molecule has 0 saturated carbocycles. The third-order valence-electron chi connectivity index (χ3n) is 3.58. The van der Waals surface area contributed by atoms with E-state index >= 15 is 0 Å². The van der Waals surface area contributed by atoms with Crippen molar-refractivity contribution in [3.05, 3.63) is 0 Å². The third-order valence-corrected chi connectivity index (χ3v) is 5.35. The standard InChI is InChI=1S/C12H18N2O3S/c1-2-4-13-5-7-14(8-6-13)12(15)11-3-9-18(16,17)10-11/h1,11H,3-10H2/t11-/m0/s1. The number of terminal acetylenes is 1. The van der Waals surface area contributed by atoms with Gasteiger partial charge < -0.3 is 4.90 Å². The van der Waals surface area contributed by atoms with Crippen molar-refractivity contribution in [2.45, 2.75) is 6.42 Å². The molecule has 6 heteroatoms. The van der Waals surface area contributed by atoms with Gasteiger partial charge in [0, 0.05) is 26.2 Å². The van der Waals surface area contributed by atoms with Crippen molar-refractivity contribution in [1.82, 2.24) is 9.80 Å². The van der Waals surface area contributed by atoms with Gasteiger partial charge in [0.2, 0.25) is 5.91 Å². The van der Waals surface area contributed by atoms with Crippen LogP contribution in [-0.4, -0.2) is 68.4 Å². The lowest BCUT2D eigenvalue weighted by atomic mass is 10.1. The molecule has 0 aliphatic carbocycles. The SMILES string of the molecule is C#CCN1CCN(C(=O)[C@H]2CCS(=O)(=O)C2)CC1. The van der Waals surface area contributed by atoms with E-state index in [-0.39, 0.29) is 23.3 Å². The summed E-state index contributed by atoms with van der Waals surface area (Å²) in [7, 11) is -2.98. The van der Waals surface area contributed by atoms with E-state index in [0.29, 0.717) is 26.1 Å². The van der Waals surface area contributed by atoms with E-state index in [2.05, 4.69) is 10.8 Å². The minimum atomic E-state index is -2.98. The van der Waals surface area contributed by atoms with Crippen molar-refractivity contribution in [3.63, 3.8) is 0 Å². The van der Waals surface area contributed by atoms with Gasteiger partial charge in [0.1, 0.15) is 0 Å². The van der Waals surface area contributed by atoms with Crippen LogP contribution in [0.3, 0.4) is 0 Å². The van der Waals surface area contributed by atoms with Crippen LogP contribution in [0.25, 0.3) is 0 Å². The maximum absolute atomic E-state index is 12.2. The van der Waals surface area contributed by atoms with Crippen LogP contribution in [0.15, 0.2) is 0 Å². The van der Waals surface area contributed by atoms with Crippen LogP contribution in [0.4, 0.5) is 0 Å². The monoisotopic (exact) mass is 270 g/mol. The number of hydrogen-bond donors (Lipinski definition) is 0. The Morgan fingerprint density at radius 1 is 1.28 bits per heavy atom. The highest BCUT2D eigenvalue weighted by Gasteiger charge is 2.36. The zero-order chi connectivity index (χ0) is 13.2. The molecule has 0 aromatic heterocycles. The largest absolute Gasteiger partial charge is 0.340 e. The van der Waals surface area contributed by atoms with E-state index in [0.717, 1.165) is 13.1 Å². The van der Waals surface area contributed by atoms with Crippen molar-refractivity contribution < 1.29 is 13.2 Å². The molecule has 18 heavy (non-hydrogen) atoms.